The van der Waals surface area contributed by atoms with Crippen molar-refractivity contribution in [2.75, 3.05) is 13.6 Å². The molecule has 1 rings (SSSR count). The number of hydrogen-bond donors (Lipinski definition) is 1. The topological polar surface area (TPSA) is 23.5 Å². The fourth-order valence-corrected chi connectivity index (χ4v) is 2.26. The van der Waals surface area contributed by atoms with Crippen LogP contribution in [0.25, 0.3) is 0 Å². The van der Waals surface area contributed by atoms with Gasteiger partial charge in [0.2, 0.25) is 0 Å². The molecule has 0 aromatic carbocycles. The number of nitrogens with zero attached hydrogens (tertiary/aromatic N) is 1. The Kier molecular flexibility index (Phi) is 4.20. The van der Waals surface area contributed by atoms with Crippen molar-refractivity contribution in [3.8, 4) is 0 Å². The van der Waals surface area contributed by atoms with Crippen molar-refractivity contribution in [3.63, 3.8) is 0 Å². The van der Waals surface area contributed by atoms with Gasteiger partial charge in [0.05, 0.1) is 6.10 Å². The molecule has 0 amide bonds. The molecule has 78 valence electrons. The molecule has 1 aliphatic rings. The van der Waals surface area contributed by atoms with E-state index < -0.39 is 0 Å². The first kappa shape index (κ1) is 11.0. The highest BCUT2D eigenvalue weighted by Crippen LogP contribution is 2.22. The summed E-state index contributed by atoms with van der Waals surface area (Å²) in [5.41, 5.74) is 0. The molecule has 2 unspecified atom stereocenters. The predicted molar refractivity (Wildman–Crippen MR) is 55.7 cm³/mol. The maximum Gasteiger partial charge on any atom is 0.0555 e. The van der Waals surface area contributed by atoms with Crippen LogP contribution in [0.3, 0.4) is 0 Å². The molecule has 0 saturated heterocycles. The van der Waals surface area contributed by atoms with Crippen LogP contribution in [0.15, 0.2) is 0 Å². The molecular formula is C11H23NO. The summed E-state index contributed by atoms with van der Waals surface area (Å²) in [6, 6.07) is 0.617. The van der Waals surface area contributed by atoms with Gasteiger partial charge >= 0.3 is 0 Å². The summed E-state index contributed by atoms with van der Waals surface area (Å²) in [6.07, 6.45) is 4.39. The maximum atomic E-state index is 9.54. The van der Waals surface area contributed by atoms with Crippen molar-refractivity contribution in [1.82, 2.24) is 4.90 Å². The minimum atomic E-state index is -0.0478. The average Bonchev–Trinajstić information content (AvgIpc) is 2.03. The van der Waals surface area contributed by atoms with E-state index in [0.29, 0.717) is 6.04 Å². The summed E-state index contributed by atoms with van der Waals surface area (Å²) in [5, 5.41) is 9.54. The summed E-state index contributed by atoms with van der Waals surface area (Å²) in [5.74, 6) is 0.726. The van der Waals surface area contributed by atoms with E-state index in [1.165, 1.54) is 12.8 Å². The first-order chi connectivity index (χ1) is 6.09. The van der Waals surface area contributed by atoms with Crippen LogP contribution in [0.5, 0.6) is 0 Å². The Labute approximate surface area is 81.9 Å². The molecule has 0 radical (unpaired) electrons. The van der Waals surface area contributed by atoms with Gasteiger partial charge in [-0.3, -0.25) is 0 Å². The van der Waals surface area contributed by atoms with Gasteiger partial charge in [-0.1, -0.05) is 13.8 Å². The number of aliphatic hydroxyl groups excluding tert-OH is 1. The summed E-state index contributed by atoms with van der Waals surface area (Å²) in [6.45, 7) is 5.64. The van der Waals surface area contributed by atoms with E-state index in [1.54, 1.807) is 0 Å². The maximum absolute atomic E-state index is 9.54. The van der Waals surface area contributed by atoms with Gasteiger partial charge in [-0.25, -0.2) is 0 Å². The van der Waals surface area contributed by atoms with Crippen LogP contribution in [0.4, 0.5) is 0 Å². The van der Waals surface area contributed by atoms with Gasteiger partial charge in [0, 0.05) is 12.6 Å². The number of rotatable bonds is 3. The zero-order chi connectivity index (χ0) is 9.84. The molecule has 0 aliphatic heterocycles. The van der Waals surface area contributed by atoms with Crippen LogP contribution < -0.4 is 0 Å². The monoisotopic (exact) mass is 185 g/mol. The Morgan fingerprint density at radius 2 is 2.08 bits per heavy atom. The smallest absolute Gasteiger partial charge is 0.0555 e. The van der Waals surface area contributed by atoms with E-state index in [0.717, 1.165) is 25.3 Å². The van der Waals surface area contributed by atoms with Crippen LogP contribution in [0.1, 0.15) is 39.5 Å². The van der Waals surface area contributed by atoms with Gasteiger partial charge in [0.1, 0.15) is 0 Å². The van der Waals surface area contributed by atoms with Crippen molar-refractivity contribution in [2.45, 2.75) is 51.7 Å². The van der Waals surface area contributed by atoms with E-state index in [1.807, 2.05) is 0 Å². The van der Waals surface area contributed by atoms with Crippen LogP contribution in [0.2, 0.25) is 0 Å². The van der Waals surface area contributed by atoms with Crippen LogP contribution in [-0.2, 0) is 0 Å². The molecule has 2 nitrogen and oxygen atoms in total. The van der Waals surface area contributed by atoms with Crippen LogP contribution in [0, 0.1) is 5.92 Å². The first-order valence-corrected chi connectivity index (χ1v) is 5.48. The molecule has 1 fully saturated rings. The van der Waals surface area contributed by atoms with Crippen molar-refractivity contribution >= 4 is 0 Å². The molecule has 1 saturated carbocycles. The van der Waals surface area contributed by atoms with Gasteiger partial charge in [-0.2, -0.15) is 0 Å². The van der Waals surface area contributed by atoms with Crippen molar-refractivity contribution in [1.29, 1.82) is 0 Å². The minimum absolute atomic E-state index is 0.0478. The molecule has 2 heteroatoms. The van der Waals surface area contributed by atoms with E-state index in [9.17, 15) is 5.11 Å². The fraction of sp³-hybridized carbons (Fsp3) is 1.00. The summed E-state index contributed by atoms with van der Waals surface area (Å²) < 4.78 is 0. The van der Waals surface area contributed by atoms with Crippen LogP contribution in [-0.4, -0.2) is 35.7 Å². The highest BCUT2D eigenvalue weighted by atomic mass is 16.3. The third-order valence-electron chi connectivity index (χ3n) is 2.90. The second kappa shape index (κ2) is 4.97. The summed E-state index contributed by atoms with van der Waals surface area (Å²) >= 11 is 0. The Morgan fingerprint density at radius 1 is 1.38 bits per heavy atom. The summed E-state index contributed by atoms with van der Waals surface area (Å²) in [4.78, 5) is 2.41. The normalized spacial score (nSPS) is 30.0. The molecule has 0 heterocycles. The average molecular weight is 185 g/mol. The Bertz CT molecular complexity index is 147. The van der Waals surface area contributed by atoms with Gasteiger partial charge in [-0.05, 0) is 38.6 Å². The lowest BCUT2D eigenvalue weighted by Gasteiger charge is -2.34. The molecular weight excluding hydrogens is 162 g/mol. The quantitative estimate of drug-likeness (QED) is 0.725. The molecule has 0 spiro atoms. The number of aliphatic hydroxyl groups is 1. The van der Waals surface area contributed by atoms with Gasteiger partial charge in [0.15, 0.2) is 0 Å². The standard InChI is InChI=1S/C11H23NO/c1-9(2)8-12(3)10-5-4-6-11(13)7-10/h9-11,13H,4-8H2,1-3H3. The highest BCUT2D eigenvalue weighted by Gasteiger charge is 2.23. The molecule has 0 aromatic rings. The summed E-state index contributed by atoms with van der Waals surface area (Å²) in [7, 11) is 2.18. The molecule has 13 heavy (non-hydrogen) atoms. The number of hydrogen-bond acceptors (Lipinski definition) is 2. The van der Waals surface area contributed by atoms with E-state index in [2.05, 4.69) is 25.8 Å². The molecule has 0 aromatic heterocycles. The van der Waals surface area contributed by atoms with E-state index in [-0.39, 0.29) is 6.10 Å². The lowest BCUT2D eigenvalue weighted by atomic mass is 9.92. The lowest BCUT2D eigenvalue weighted by molar-refractivity contribution is 0.0685. The largest absolute Gasteiger partial charge is 0.393 e. The van der Waals surface area contributed by atoms with E-state index in [4.69, 9.17) is 0 Å². The third-order valence-corrected chi connectivity index (χ3v) is 2.90. The Hall–Kier alpha value is -0.0800. The van der Waals surface area contributed by atoms with Crippen molar-refractivity contribution < 1.29 is 5.11 Å². The zero-order valence-corrected chi connectivity index (χ0v) is 9.16. The minimum Gasteiger partial charge on any atom is -0.393 e. The molecule has 2 atom stereocenters. The van der Waals surface area contributed by atoms with Gasteiger partial charge in [-0.15, -0.1) is 0 Å². The molecule has 0 bridgehead atoms. The molecule has 1 aliphatic carbocycles. The van der Waals surface area contributed by atoms with Crippen molar-refractivity contribution in [3.05, 3.63) is 0 Å². The van der Waals surface area contributed by atoms with Gasteiger partial charge < -0.3 is 10.0 Å². The third kappa shape index (κ3) is 3.65. The fourth-order valence-electron chi connectivity index (χ4n) is 2.26. The van der Waals surface area contributed by atoms with Gasteiger partial charge in [0.25, 0.3) is 0 Å². The highest BCUT2D eigenvalue weighted by molar-refractivity contribution is 4.78. The van der Waals surface area contributed by atoms with E-state index >= 15 is 0 Å². The first-order valence-electron chi connectivity index (χ1n) is 5.48. The Morgan fingerprint density at radius 3 is 2.62 bits per heavy atom. The Balaban J connectivity index is 2.32. The second-order valence-corrected chi connectivity index (χ2v) is 4.81. The predicted octanol–water partition coefficient (Wildman–Crippen LogP) is 1.88. The van der Waals surface area contributed by atoms with Crippen LogP contribution >= 0.6 is 0 Å². The van der Waals surface area contributed by atoms with Crippen molar-refractivity contribution in [2.24, 2.45) is 5.92 Å². The zero-order valence-electron chi connectivity index (χ0n) is 9.16. The molecule has 1 N–H and O–H groups in total. The second-order valence-electron chi connectivity index (χ2n) is 4.81. The SMILES string of the molecule is CC(C)CN(C)C1CCCC(O)C1. The lowest BCUT2D eigenvalue weighted by Crippen LogP contribution is -2.39.